The molecule has 0 fully saturated rings. The van der Waals surface area contributed by atoms with Gasteiger partial charge in [0.25, 0.3) is 0 Å². The van der Waals surface area contributed by atoms with Gasteiger partial charge in [0.15, 0.2) is 0 Å². The Bertz CT molecular complexity index is 872. The molecule has 0 saturated heterocycles. The van der Waals surface area contributed by atoms with Gasteiger partial charge in [-0.15, -0.1) is 0 Å². The summed E-state index contributed by atoms with van der Waals surface area (Å²) in [6.07, 6.45) is 5.27. The molecule has 2 aromatic carbocycles. The molecule has 3 N–H and O–H groups in total. The smallest absolute Gasteiger partial charge is 0.135 e. The molecule has 2 aromatic rings. The van der Waals surface area contributed by atoms with Crippen LogP contribution in [0.2, 0.25) is 0 Å². The summed E-state index contributed by atoms with van der Waals surface area (Å²) in [4.78, 5) is 0. The fourth-order valence-corrected chi connectivity index (χ4v) is 3.02. The average Bonchev–Trinajstić information content (AvgIpc) is 2.70. The highest BCUT2D eigenvalue weighted by Crippen LogP contribution is 2.20. The first-order chi connectivity index (χ1) is 13.8. The molecule has 0 aliphatic rings. The van der Waals surface area contributed by atoms with Crippen molar-refractivity contribution in [2.45, 2.75) is 46.1 Å². The van der Waals surface area contributed by atoms with Gasteiger partial charge in [0.05, 0.1) is 5.71 Å². The third kappa shape index (κ3) is 6.93. The molecule has 2 rings (SSSR count). The number of anilines is 1. The van der Waals surface area contributed by atoms with Crippen LogP contribution in [0, 0.1) is 35.3 Å². The Balaban J connectivity index is 1.95. The Morgan fingerprint density at radius 1 is 1.07 bits per heavy atom. The molecule has 5 heteroatoms. The summed E-state index contributed by atoms with van der Waals surface area (Å²) < 4.78 is 26.8. The Labute approximate surface area is 171 Å². The summed E-state index contributed by atoms with van der Waals surface area (Å²) in [5.41, 5.74) is 2.59. The third-order valence-corrected chi connectivity index (χ3v) is 5.13. The van der Waals surface area contributed by atoms with E-state index in [0.29, 0.717) is 18.1 Å². The number of hydrogen-bond donors (Lipinski definition) is 3. The molecule has 154 valence electrons. The third-order valence-electron chi connectivity index (χ3n) is 5.13. The van der Waals surface area contributed by atoms with Gasteiger partial charge >= 0.3 is 0 Å². The van der Waals surface area contributed by atoms with Crippen LogP contribution < -0.4 is 5.32 Å². The van der Waals surface area contributed by atoms with E-state index in [4.69, 9.17) is 10.8 Å². The van der Waals surface area contributed by atoms with Crippen molar-refractivity contribution in [2.24, 2.45) is 5.92 Å². The largest absolute Gasteiger partial charge is 0.382 e. The van der Waals surface area contributed by atoms with Gasteiger partial charge in [0.2, 0.25) is 0 Å². The Morgan fingerprint density at radius 2 is 1.76 bits per heavy atom. The monoisotopic (exact) mass is 397 g/mol. The van der Waals surface area contributed by atoms with Crippen LogP contribution in [0.25, 0.3) is 0 Å². The van der Waals surface area contributed by atoms with Crippen molar-refractivity contribution in [3.05, 3.63) is 77.4 Å². The van der Waals surface area contributed by atoms with E-state index in [-0.39, 0.29) is 17.3 Å². The zero-order chi connectivity index (χ0) is 21.4. The molecular weight excluding hydrogens is 368 g/mol. The lowest BCUT2D eigenvalue weighted by Crippen LogP contribution is -2.27. The van der Waals surface area contributed by atoms with Gasteiger partial charge in [-0.05, 0) is 62.1 Å². The Kier molecular flexibility index (Phi) is 8.25. The minimum atomic E-state index is -0.773. The van der Waals surface area contributed by atoms with Gasteiger partial charge in [-0.25, -0.2) is 8.78 Å². The lowest BCUT2D eigenvalue weighted by Gasteiger charge is -2.25. The zero-order valence-corrected chi connectivity index (χ0v) is 17.2. The Hall–Kier alpha value is -2.82. The summed E-state index contributed by atoms with van der Waals surface area (Å²) in [6.45, 7) is 6.40. The van der Waals surface area contributed by atoms with Crippen LogP contribution >= 0.6 is 0 Å². The molecule has 29 heavy (non-hydrogen) atoms. The van der Waals surface area contributed by atoms with E-state index in [0.717, 1.165) is 30.7 Å². The molecule has 0 aliphatic carbocycles. The number of rotatable bonds is 10. The first-order valence-electron chi connectivity index (χ1n) is 9.92. The van der Waals surface area contributed by atoms with Crippen molar-refractivity contribution >= 4 is 17.1 Å². The lowest BCUT2D eigenvalue weighted by molar-refractivity contribution is 0.450. The minimum absolute atomic E-state index is 0.0222. The average molecular weight is 398 g/mol. The van der Waals surface area contributed by atoms with Crippen LogP contribution in [-0.4, -0.2) is 17.5 Å². The highest BCUT2D eigenvalue weighted by molar-refractivity contribution is 6.10. The second kappa shape index (κ2) is 10.6. The van der Waals surface area contributed by atoms with E-state index in [1.807, 2.05) is 0 Å². The first-order valence-corrected chi connectivity index (χ1v) is 9.92. The fourth-order valence-electron chi connectivity index (χ4n) is 3.02. The van der Waals surface area contributed by atoms with Gasteiger partial charge in [-0.3, -0.25) is 0 Å². The number of benzene rings is 2. The normalized spacial score (nSPS) is 13.3. The molecule has 2 unspecified atom stereocenters. The van der Waals surface area contributed by atoms with Crippen LogP contribution in [0.1, 0.15) is 44.2 Å². The van der Waals surface area contributed by atoms with Crippen molar-refractivity contribution in [3.63, 3.8) is 0 Å². The second-order valence-corrected chi connectivity index (χ2v) is 7.44. The second-order valence-electron chi connectivity index (χ2n) is 7.44. The molecule has 3 nitrogen and oxygen atoms in total. The van der Waals surface area contributed by atoms with Gasteiger partial charge in [-0.1, -0.05) is 38.0 Å². The van der Waals surface area contributed by atoms with Crippen LogP contribution in [0.4, 0.5) is 14.5 Å². The van der Waals surface area contributed by atoms with E-state index in [1.165, 1.54) is 23.8 Å². The van der Waals surface area contributed by atoms with E-state index >= 15 is 0 Å². The van der Waals surface area contributed by atoms with Crippen molar-refractivity contribution in [2.75, 3.05) is 5.32 Å². The van der Waals surface area contributed by atoms with Crippen molar-refractivity contribution in [3.8, 4) is 0 Å². The highest BCUT2D eigenvalue weighted by atomic mass is 19.1. The van der Waals surface area contributed by atoms with Gasteiger partial charge < -0.3 is 16.1 Å². The summed E-state index contributed by atoms with van der Waals surface area (Å²) in [6, 6.07) is 11.6. The van der Waals surface area contributed by atoms with E-state index < -0.39 is 11.6 Å². The van der Waals surface area contributed by atoms with Gasteiger partial charge in [0, 0.05) is 29.1 Å². The lowest BCUT2D eigenvalue weighted by atomic mass is 9.93. The quantitative estimate of drug-likeness (QED) is 0.393. The zero-order valence-electron chi connectivity index (χ0n) is 17.2. The van der Waals surface area contributed by atoms with Crippen LogP contribution in [0.15, 0.2) is 54.6 Å². The SMILES string of the molecule is CCC(C)C(CCC(=N)/C=C\C(=N)c1ccc(F)cc1F)Nc1ccc(C)cc1. The van der Waals surface area contributed by atoms with Gasteiger partial charge in [0.1, 0.15) is 11.6 Å². The molecule has 0 amide bonds. The van der Waals surface area contributed by atoms with Gasteiger partial charge in [-0.2, -0.15) is 0 Å². The molecular formula is C24H29F2N3. The molecule has 0 spiro atoms. The predicted molar refractivity (Wildman–Crippen MR) is 117 cm³/mol. The fraction of sp³-hybridized carbons (Fsp3) is 0.333. The maximum Gasteiger partial charge on any atom is 0.135 e. The summed E-state index contributed by atoms with van der Waals surface area (Å²) in [5.74, 6) is -1.00. The van der Waals surface area contributed by atoms with Crippen molar-refractivity contribution in [1.82, 2.24) is 0 Å². The van der Waals surface area contributed by atoms with Crippen molar-refractivity contribution in [1.29, 1.82) is 10.8 Å². The molecule has 0 radical (unpaired) electrons. The topological polar surface area (TPSA) is 59.7 Å². The standard InChI is InChI=1S/C24H29F2N3/c1-4-17(3)24(29-20-10-5-16(2)6-11-20)14-9-19(27)8-13-23(28)21-12-7-18(25)15-22(21)26/h5-8,10-13,15,17,24,27-29H,4,9,14H2,1-3H3/b13-8-,27-19?,28-23?. The maximum atomic E-state index is 13.8. The molecule has 2 atom stereocenters. The highest BCUT2D eigenvalue weighted by Gasteiger charge is 2.16. The van der Waals surface area contributed by atoms with Crippen LogP contribution in [0.5, 0.6) is 0 Å². The van der Waals surface area contributed by atoms with Crippen LogP contribution in [-0.2, 0) is 0 Å². The molecule has 0 aromatic heterocycles. The molecule has 0 bridgehead atoms. The summed E-state index contributed by atoms with van der Waals surface area (Å²) >= 11 is 0. The van der Waals surface area contributed by atoms with Crippen molar-refractivity contribution < 1.29 is 8.78 Å². The number of halogens is 2. The first kappa shape index (κ1) is 22.5. The maximum absolute atomic E-state index is 13.8. The molecule has 0 saturated carbocycles. The summed E-state index contributed by atoms with van der Waals surface area (Å²) in [7, 11) is 0. The predicted octanol–water partition coefficient (Wildman–Crippen LogP) is 6.52. The Morgan fingerprint density at radius 3 is 2.38 bits per heavy atom. The molecule has 0 aliphatic heterocycles. The van der Waals surface area contributed by atoms with Crippen LogP contribution in [0.3, 0.4) is 0 Å². The van der Waals surface area contributed by atoms with E-state index in [2.05, 4.69) is 50.4 Å². The molecule has 0 heterocycles. The number of nitrogens with one attached hydrogen (secondary N) is 3. The number of aryl methyl sites for hydroxylation is 1. The summed E-state index contributed by atoms with van der Waals surface area (Å²) in [5, 5.41) is 19.7. The number of hydrogen-bond acceptors (Lipinski definition) is 3. The van der Waals surface area contributed by atoms with E-state index in [1.54, 1.807) is 0 Å². The van der Waals surface area contributed by atoms with E-state index in [9.17, 15) is 8.78 Å². The minimum Gasteiger partial charge on any atom is -0.382 e. The number of allylic oxidation sites excluding steroid dienone is 2.